The lowest BCUT2D eigenvalue weighted by molar-refractivity contribution is -0.142. The minimum absolute atomic E-state index is 0.0457. The van der Waals surface area contributed by atoms with E-state index in [2.05, 4.69) is 0 Å². The van der Waals surface area contributed by atoms with Crippen molar-refractivity contribution >= 4 is 11.6 Å². The normalized spacial score (nSPS) is 20.5. The highest BCUT2D eigenvalue weighted by molar-refractivity contribution is 5.96. The van der Waals surface area contributed by atoms with Gasteiger partial charge in [0.1, 0.15) is 6.04 Å². The van der Waals surface area contributed by atoms with Crippen molar-refractivity contribution in [2.75, 3.05) is 18.5 Å². The average molecular weight is 234 g/mol. The van der Waals surface area contributed by atoms with Gasteiger partial charge in [-0.2, -0.15) is 5.06 Å². The lowest BCUT2D eigenvalue weighted by atomic mass is 10.1. The molecule has 0 bridgehead atoms. The lowest BCUT2D eigenvalue weighted by Crippen LogP contribution is -2.42. The highest BCUT2D eigenvalue weighted by atomic mass is 16.5. The Kier molecular flexibility index (Phi) is 3.45. The number of nitrogens with zero attached hydrogens (tertiary/aromatic N) is 2. The summed E-state index contributed by atoms with van der Waals surface area (Å²) in [6, 6.07) is 7.41. The third-order valence-corrected chi connectivity index (χ3v) is 3.23. The minimum Gasteiger partial charge on any atom is -0.314 e. The van der Waals surface area contributed by atoms with Gasteiger partial charge in [-0.3, -0.25) is 4.79 Å². The maximum absolute atomic E-state index is 12.2. The van der Waals surface area contributed by atoms with E-state index in [1.54, 1.807) is 11.9 Å². The zero-order chi connectivity index (χ0) is 12.4. The van der Waals surface area contributed by atoms with E-state index < -0.39 is 0 Å². The van der Waals surface area contributed by atoms with Crippen LogP contribution in [0, 0.1) is 6.92 Å². The summed E-state index contributed by atoms with van der Waals surface area (Å²) in [5, 5.41) is 10.7. The standard InChI is InChI=1S/C13H18N2O2/c1-10-5-3-6-11(9-10)14(2)13(16)12-7-4-8-15(12)17/h3,5-6,9,12,17H,4,7-8H2,1-2H3. The predicted molar refractivity (Wildman–Crippen MR) is 66.1 cm³/mol. The van der Waals surface area contributed by atoms with E-state index in [0.29, 0.717) is 6.54 Å². The molecule has 1 heterocycles. The van der Waals surface area contributed by atoms with Crippen LogP contribution in [0.5, 0.6) is 0 Å². The fourth-order valence-corrected chi connectivity index (χ4v) is 2.19. The van der Waals surface area contributed by atoms with Crippen molar-refractivity contribution in [1.29, 1.82) is 0 Å². The van der Waals surface area contributed by atoms with Crippen LogP contribution in [-0.4, -0.2) is 35.8 Å². The number of hydroxylamine groups is 2. The lowest BCUT2D eigenvalue weighted by Gasteiger charge is -2.24. The Labute approximate surface area is 101 Å². The van der Waals surface area contributed by atoms with E-state index >= 15 is 0 Å². The first kappa shape index (κ1) is 12.1. The molecule has 4 nitrogen and oxygen atoms in total. The molecule has 2 rings (SSSR count). The summed E-state index contributed by atoms with van der Waals surface area (Å²) < 4.78 is 0. The fraction of sp³-hybridized carbons (Fsp3) is 0.462. The van der Waals surface area contributed by atoms with Crippen LogP contribution in [0.15, 0.2) is 24.3 Å². The molecular weight excluding hydrogens is 216 g/mol. The molecule has 0 aliphatic carbocycles. The number of hydrogen-bond acceptors (Lipinski definition) is 3. The second-order valence-electron chi connectivity index (χ2n) is 4.56. The molecule has 1 aliphatic rings. The van der Waals surface area contributed by atoms with Crippen molar-refractivity contribution < 1.29 is 10.0 Å². The molecule has 1 aliphatic heterocycles. The molecule has 1 fully saturated rings. The Morgan fingerprint density at radius 3 is 2.88 bits per heavy atom. The number of benzene rings is 1. The molecule has 0 aromatic heterocycles. The highest BCUT2D eigenvalue weighted by Crippen LogP contribution is 2.21. The van der Waals surface area contributed by atoms with E-state index in [4.69, 9.17) is 0 Å². The molecule has 4 heteroatoms. The molecule has 0 saturated carbocycles. The van der Waals surface area contributed by atoms with Crippen molar-refractivity contribution in [3.05, 3.63) is 29.8 Å². The number of hydrogen-bond donors (Lipinski definition) is 1. The van der Waals surface area contributed by atoms with Gasteiger partial charge in [0.15, 0.2) is 0 Å². The quantitative estimate of drug-likeness (QED) is 0.848. The molecule has 1 amide bonds. The van der Waals surface area contributed by atoms with Crippen LogP contribution in [0.4, 0.5) is 5.69 Å². The van der Waals surface area contributed by atoms with Gasteiger partial charge in [-0.25, -0.2) is 0 Å². The maximum Gasteiger partial charge on any atom is 0.246 e. The summed E-state index contributed by atoms with van der Waals surface area (Å²) in [5.74, 6) is -0.0457. The summed E-state index contributed by atoms with van der Waals surface area (Å²) in [4.78, 5) is 13.8. The van der Waals surface area contributed by atoms with Crippen molar-refractivity contribution in [3.63, 3.8) is 0 Å². The Bertz CT molecular complexity index is 420. The summed E-state index contributed by atoms with van der Waals surface area (Å²) in [5.41, 5.74) is 1.99. The Balaban J connectivity index is 2.14. The first-order chi connectivity index (χ1) is 8.09. The first-order valence-electron chi connectivity index (χ1n) is 5.89. The molecule has 0 radical (unpaired) electrons. The van der Waals surface area contributed by atoms with Crippen molar-refractivity contribution in [2.45, 2.75) is 25.8 Å². The number of amides is 1. The highest BCUT2D eigenvalue weighted by Gasteiger charge is 2.32. The fourth-order valence-electron chi connectivity index (χ4n) is 2.19. The molecule has 17 heavy (non-hydrogen) atoms. The molecule has 1 N–H and O–H groups in total. The Morgan fingerprint density at radius 1 is 1.53 bits per heavy atom. The third kappa shape index (κ3) is 2.48. The van der Waals surface area contributed by atoms with Crippen LogP contribution in [0.1, 0.15) is 18.4 Å². The number of carbonyl (C=O) groups excluding carboxylic acids is 1. The van der Waals surface area contributed by atoms with Gasteiger partial charge in [0.25, 0.3) is 0 Å². The monoisotopic (exact) mass is 234 g/mol. The average Bonchev–Trinajstić information content (AvgIpc) is 2.73. The van der Waals surface area contributed by atoms with Gasteiger partial charge in [0.05, 0.1) is 0 Å². The summed E-state index contributed by atoms with van der Waals surface area (Å²) >= 11 is 0. The topological polar surface area (TPSA) is 43.8 Å². The molecule has 1 aromatic rings. The Morgan fingerprint density at radius 2 is 2.29 bits per heavy atom. The second kappa shape index (κ2) is 4.85. The minimum atomic E-state index is -0.388. The molecule has 1 saturated heterocycles. The smallest absolute Gasteiger partial charge is 0.246 e. The molecular formula is C13H18N2O2. The van der Waals surface area contributed by atoms with Crippen molar-refractivity contribution in [1.82, 2.24) is 5.06 Å². The maximum atomic E-state index is 12.2. The van der Waals surface area contributed by atoms with Gasteiger partial charge < -0.3 is 10.1 Å². The van der Waals surface area contributed by atoms with Gasteiger partial charge in [0.2, 0.25) is 5.91 Å². The van der Waals surface area contributed by atoms with E-state index in [-0.39, 0.29) is 11.9 Å². The van der Waals surface area contributed by atoms with Gasteiger partial charge in [-0.15, -0.1) is 0 Å². The number of carbonyl (C=O) groups is 1. The largest absolute Gasteiger partial charge is 0.314 e. The number of anilines is 1. The van der Waals surface area contributed by atoms with Gasteiger partial charge in [0, 0.05) is 19.3 Å². The van der Waals surface area contributed by atoms with E-state index in [1.807, 2.05) is 31.2 Å². The van der Waals surface area contributed by atoms with E-state index in [0.717, 1.165) is 29.2 Å². The molecule has 1 atom stereocenters. The second-order valence-corrected chi connectivity index (χ2v) is 4.56. The number of rotatable bonds is 2. The van der Waals surface area contributed by atoms with Crippen molar-refractivity contribution in [2.24, 2.45) is 0 Å². The number of likely N-dealkylation sites (N-methyl/N-ethyl adjacent to an activating group) is 1. The first-order valence-corrected chi connectivity index (χ1v) is 5.89. The van der Waals surface area contributed by atoms with Gasteiger partial charge >= 0.3 is 0 Å². The van der Waals surface area contributed by atoms with Gasteiger partial charge in [-0.1, -0.05) is 12.1 Å². The molecule has 92 valence electrons. The Hall–Kier alpha value is -1.39. The zero-order valence-corrected chi connectivity index (χ0v) is 10.3. The molecule has 1 unspecified atom stereocenters. The van der Waals surface area contributed by atoms with Crippen LogP contribution >= 0.6 is 0 Å². The van der Waals surface area contributed by atoms with Crippen LogP contribution in [-0.2, 0) is 4.79 Å². The summed E-state index contributed by atoms with van der Waals surface area (Å²) in [6.45, 7) is 2.58. The number of aryl methyl sites for hydroxylation is 1. The van der Waals surface area contributed by atoms with Gasteiger partial charge in [-0.05, 0) is 37.5 Å². The van der Waals surface area contributed by atoms with E-state index in [9.17, 15) is 10.0 Å². The molecule has 0 spiro atoms. The van der Waals surface area contributed by atoms with Crippen LogP contribution < -0.4 is 4.90 Å². The van der Waals surface area contributed by atoms with Crippen molar-refractivity contribution in [3.8, 4) is 0 Å². The predicted octanol–water partition coefficient (Wildman–Crippen LogP) is 1.81. The summed E-state index contributed by atoms with van der Waals surface area (Å²) in [6.07, 6.45) is 1.60. The van der Waals surface area contributed by atoms with Crippen LogP contribution in [0.25, 0.3) is 0 Å². The van der Waals surface area contributed by atoms with Crippen LogP contribution in [0.2, 0.25) is 0 Å². The van der Waals surface area contributed by atoms with E-state index in [1.165, 1.54) is 0 Å². The third-order valence-electron chi connectivity index (χ3n) is 3.23. The zero-order valence-electron chi connectivity index (χ0n) is 10.3. The molecule has 1 aromatic carbocycles. The SMILES string of the molecule is Cc1cccc(N(C)C(=O)C2CCCN2O)c1. The summed E-state index contributed by atoms with van der Waals surface area (Å²) in [7, 11) is 1.75. The van der Waals surface area contributed by atoms with Crippen LogP contribution in [0.3, 0.4) is 0 Å².